The van der Waals surface area contributed by atoms with Crippen molar-refractivity contribution in [2.45, 2.75) is 106 Å². The molecule has 30 heavy (non-hydrogen) atoms. The van der Waals surface area contributed by atoms with Gasteiger partial charge in [-0.1, -0.05) is 0 Å². The van der Waals surface area contributed by atoms with E-state index in [9.17, 15) is 9.18 Å². The van der Waals surface area contributed by atoms with Gasteiger partial charge in [-0.2, -0.15) is 0 Å². The molecule has 4 rings (SSSR count). The molecule has 1 saturated heterocycles. The van der Waals surface area contributed by atoms with E-state index in [0.29, 0.717) is 42.2 Å². The highest BCUT2D eigenvalue weighted by Crippen LogP contribution is 2.33. The minimum atomic E-state index is -1.12. The molecule has 0 aromatic rings. The van der Waals surface area contributed by atoms with Crippen molar-refractivity contribution in [3.8, 4) is 0 Å². The second-order valence-corrected chi connectivity index (χ2v) is 10.6. The maximum atomic E-state index is 14.0. The molecular formula is C21H34Cl2FN5O. The second-order valence-electron chi connectivity index (χ2n) is 9.44. The Morgan fingerprint density at radius 2 is 1.73 bits per heavy atom. The predicted molar refractivity (Wildman–Crippen MR) is 118 cm³/mol. The van der Waals surface area contributed by atoms with Crippen LogP contribution < -0.4 is 21.5 Å². The van der Waals surface area contributed by atoms with Gasteiger partial charge in [0.15, 0.2) is 5.96 Å². The highest BCUT2D eigenvalue weighted by molar-refractivity contribution is 6.21. The topological polar surface area (TPSA) is 77.5 Å². The second kappa shape index (κ2) is 10.3. The maximum Gasteiger partial charge on any atom is 0.229 e. The number of hydrazine groups is 1. The van der Waals surface area contributed by atoms with E-state index in [0.717, 1.165) is 44.9 Å². The van der Waals surface area contributed by atoms with Gasteiger partial charge in [-0.15, -0.1) is 23.2 Å². The number of rotatable bonds is 4. The molecular weight excluding hydrogens is 428 g/mol. The van der Waals surface area contributed by atoms with E-state index in [1.165, 1.54) is 6.42 Å². The minimum absolute atomic E-state index is 0.0981. The smallest absolute Gasteiger partial charge is 0.229 e. The van der Waals surface area contributed by atoms with E-state index < -0.39 is 11.5 Å². The van der Waals surface area contributed by atoms with E-state index in [2.05, 4.69) is 21.5 Å². The zero-order valence-electron chi connectivity index (χ0n) is 17.4. The molecule has 0 spiro atoms. The molecule has 4 N–H and O–H groups in total. The van der Waals surface area contributed by atoms with Crippen LogP contribution in [0.15, 0.2) is 4.99 Å². The molecule has 1 aliphatic heterocycles. The SMILES string of the molecule is O=C(N/C(=N/C1CC(C2CCC(Cl)CC2)NN1)NC1CCC1)C1CCC(Cl)C(F)C1. The Balaban J connectivity index is 1.34. The number of nitrogens with zero attached hydrogens (tertiary/aromatic N) is 1. The van der Waals surface area contributed by atoms with Crippen LogP contribution in [-0.2, 0) is 4.79 Å². The number of alkyl halides is 3. The summed E-state index contributed by atoms with van der Waals surface area (Å²) in [7, 11) is 0. The first kappa shape index (κ1) is 22.6. The molecule has 1 heterocycles. The van der Waals surface area contributed by atoms with Crippen molar-refractivity contribution >= 4 is 35.1 Å². The molecule has 4 aliphatic rings. The summed E-state index contributed by atoms with van der Waals surface area (Å²) in [5, 5.41) is 6.18. The van der Waals surface area contributed by atoms with E-state index in [4.69, 9.17) is 28.2 Å². The summed E-state index contributed by atoms with van der Waals surface area (Å²) in [5.41, 5.74) is 6.68. The molecule has 0 aromatic heterocycles. The number of guanidine groups is 1. The lowest BCUT2D eigenvalue weighted by atomic mass is 9.83. The van der Waals surface area contributed by atoms with E-state index in [-0.39, 0.29) is 24.4 Å². The van der Waals surface area contributed by atoms with Crippen LogP contribution in [0.2, 0.25) is 0 Å². The summed E-state index contributed by atoms with van der Waals surface area (Å²) in [6.45, 7) is 0. The van der Waals surface area contributed by atoms with Crippen molar-refractivity contribution in [1.29, 1.82) is 0 Å². The Kier molecular flexibility index (Phi) is 7.76. The summed E-state index contributed by atoms with van der Waals surface area (Å²) in [6, 6.07) is 0.718. The lowest BCUT2D eigenvalue weighted by Crippen LogP contribution is -2.51. The average molecular weight is 462 g/mol. The normalized spacial score (nSPS) is 40.6. The van der Waals surface area contributed by atoms with Crippen molar-refractivity contribution < 1.29 is 9.18 Å². The molecule has 3 aliphatic carbocycles. The number of amides is 1. The molecule has 5 unspecified atom stereocenters. The lowest BCUT2D eigenvalue weighted by molar-refractivity contribution is -0.125. The molecule has 0 radical (unpaired) electrons. The van der Waals surface area contributed by atoms with Gasteiger partial charge in [0, 0.05) is 29.8 Å². The lowest BCUT2D eigenvalue weighted by Gasteiger charge is -2.30. The third kappa shape index (κ3) is 5.78. The van der Waals surface area contributed by atoms with Crippen LogP contribution in [0, 0.1) is 11.8 Å². The highest BCUT2D eigenvalue weighted by atomic mass is 35.5. The number of hydrogen-bond acceptors (Lipinski definition) is 4. The molecule has 5 atom stereocenters. The van der Waals surface area contributed by atoms with Gasteiger partial charge in [0.2, 0.25) is 5.91 Å². The predicted octanol–water partition coefficient (Wildman–Crippen LogP) is 3.34. The van der Waals surface area contributed by atoms with Crippen LogP contribution in [0.5, 0.6) is 0 Å². The molecule has 3 saturated carbocycles. The molecule has 0 bridgehead atoms. The van der Waals surface area contributed by atoms with Crippen molar-refractivity contribution in [3.63, 3.8) is 0 Å². The summed E-state index contributed by atoms with van der Waals surface area (Å²) in [4.78, 5) is 17.6. The highest BCUT2D eigenvalue weighted by Gasteiger charge is 2.35. The van der Waals surface area contributed by atoms with Crippen molar-refractivity contribution in [1.82, 2.24) is 21.5 Å². The number of halogens is 3. The van der Waals surface area contributed by atoms with Gasteiger partial charge in [0.05, 0.1) is 5.38 Å². The summed E-state index contributed by atoms with van der Waals surface area (Å²) in [5.74, 6) is 0.612. The van der Waals surface area contributed by atoms with Crippen LogP contribution in [0.3, 0.4) is 0 Å². The molecule has 0 aromatic carbocycles. The van der Waals surface area contributed by atoms with E-state index in [1.54, 1.807) is 0 Å². The quantitative estimate of drug-likeness (QED) is 0.294. The summed E-state index contributed by atoms with van der Waals surface area (Å²) >= 11 is 12.2. The van der Waals surface area contributed by atoms with Gasteiger partial charge in [-0.25, -0.2) is 14.8 Å². The third-order valence-corrected chi connectivity index (χ3v) is 8.15. The van der Waals surface area contributed by atoms with Crippen molar-refractivity contribution in [3.05, 3.63) is 0 Å². The Bertz CT molecular complexity index is 627. The van der Waals surface area contributed by atoms with Crippen LogP contribution in [0.25, 0.3) is 0 Å². The zero-order chi connectivity index (χ0) is 21.1. The Morgan fingerprint density at radius 1 is 0.967 bits per heavy atom. The number of aliphatic imine (C=N–C) groups is 1. The number of nitrogens with one attached hydrogen (secondary N) is 4. The van der Waals surface area contributed by atoms with Crippen LogP contribution in [-0.4, -0.2) is 47.0 Å². The first-order valence-corrected chi connectivity index (χ1v) is 12.4. The van der Waals surface area contributed by atoms with Gasteiger partial charge in [-0.3, -0.25) is 15.5 Å². The van der Waals surface area contributed by atoms with Gasteiger partial charge in [-0.05, 0) is 70.1 Å². The van der Waals surface area contributed by atoms with Crippen LogP contribution in [0.1, 0.15) is 70.6 Å². The first-order valence-electron chi connectivity index (χ1n) is 11.6. The Hall–Kier alpha value is -0.630. The van der Waals surface area contributed by atoms with Gasteiger partial charge in [0.25, 0.3) is 0 Å². The number of carbonyl (C=O) groups excluding carboxylic acids is 1. The summed E-state index contributed by atoms with van der Waals surface area (Å²) in [6.07, 6.45) is 8.78. The van der Waals surface area contributed by atoms with E-state index in [1.807, 2.05) is 0 Å². The van der Waals surface area contributed by atoms with E-state index >= 15 is 0 Å². The third-order valence-electron chi connectivity index (χ3n) is 7.22. The first-order chi connectivity index (χ1) is 14.5. The largest absolute Gasteiger partial charge is 0.353 e. The zero-order valence-corrected chi connectivity index (χ0v) is 18.9. The van der Waals surface area contributed by atoms with Crippen LogP contribution >= 0.6 is 23.2 Å². The molecule has 170 valence electrons. The minimum Gasteiger partial charge on any atom is -0.353 e. The standard InChI is InChI=1S/C21H34Cl2FN5O/c22-14-7-4-12(5-8-14)18-11-19(29-28-18)26-21(25-15-2-1-3-15)27-20(30)13-6-9-16(23)17(24)10-13/h12-19,28-29H,1-11H2,(H2,25,26,27,30). The Labute approximate surface area is 188 Å². The number of carbonyl (C=O) groups is 1. The average Bonchev–Trinajstić information content (AvgIpc) is 3.15. The van der Waals surface area contributed by atoms with Crippen molar-refractivity contribution in [2.75, 3.05) is 0 Å². The molecule has 4 fully saturated rings. The fraction of sp³-hybridized carbons (Fsp3) is 0.905. The molecule has 1 amide bonds. The monoisotopic (exact) mass is 461 g/mol. The van der Waals surface area contributed by atoms with Crippen LogP contribution in [0.4, 0.5) is 4.39 Å². The molecule has 9 heteroatoms. The van der Waals surface area contributed by atoms with Gasteiger partial charge in [0.1, 0.15) is 12.3 Å². The fourth-order valence-electron chi connectivity index (χ4n) is 4.98. The van der Waals surface area contributed by atoms with Gasteiger partial charge < -0.3 is 5.32 Å². The molecule has 6 nitrogen and oxygen atoms in total. The van der Waals surface area contributed by atoms with Crippen molar-refractivity contribution in [2.24, 2.45) is 16.8 Å². The van der Waals surface area contributed by atoms with Gasteiger partial charge >= 0.3 is 0 Å². The number of hydrogen-bond donors (Lipinski definition) is 4. The Morgan fingerprint density at radius 3 is 2.40 bits per heavy atom. The fourth-order valence-corrected chi connectivity index (χ4v) is 5.46. The summed E-state index contributed by atoms with van der Waals surface area (Å²) < 4.78 is 14.0. The maximum absolute atomic E-state index is 14.0.